The maximum absolute atomic E-state index is 6.50. The van der Waals surface area contributed by atoms with Crippen LogP contribution in [-0.2, 0) is 5.41 Å². The molecule has 13 rings (SSSR count). The van der Waals surface area contributed by atoms with Crippen LogP contribution in [0.3, 0.4) is 0 Å². The molecular formula is C61H39NO2. The molecule has 3 nitrogen and oxygen atoms in total. The SMILES string of the molecule is c1ccc(C2(c3ccccc3)c3ccccc3-c3c(N(c4ccc(-c5cccc6c5oc5ccccc56)cc4)c4ccc(-c5cccc6c5oc5ccccc56)cc4)cccc32)cc1. The molecule has 64 heavy (non-hydrogen) atoms. The third kappa shape index (κ3) is 5.34. The van der Waals surface area contributed by atoms with E-state index in [0.717, 1.165) is 83.2 Å². The fourth-order valence-electron chi connectivity index (χ4n) is 10.6. The van der Waals surface area contributed by atoms with Gasteiger partial charge in [0.25, 0.3) is 0 Å². The number of anilines is 3. The summed E-state index contributed by atoms with van der Waals surface area (Å²) in [6, 6.07) is 85.2. The van der Waals surface area contributed by atoms with Crippen LogP contribution in [0.2, 0.25) is 0 Å². The first-order valence-electron chi connectivity index (χ1n) is 21.9. The van der Waals surface area contributed by atoms with Crippen LogP contribution in [0, 0.1) is 0 Å². The first-order valence-corrected chi connectivity index (χ1v) is 21.9. The average Bonchev–Trinajstić information content (AvgIpc) is 4.04. The number of hydrogen-bond donors (Lipinski definition) is 0. The smallest absolute Gasteiger partial charge is 0.143 e. The van der Waals surface area contributed by atoms with E-state index in [1.165, 1.54) is 33.4 Å². The minimum Gasteiger partial charge on any atom is -0.455 e. The Bertz CT molecular complexity index is 3520. The second kappa shape index (κ2) is 14.3. The van der Waals surface area contributed by atoms with E-state index in [2.05, 4.69) is 217 Å². The van der Waals surface area contributed by atoms with Crippen molar-refractivity contribution in [1.29, 1.82) is 0 Å². The fourth-order valence-corrected chi connectivity index (χ4v) is 10.6. The van der Waals surface area contributed by atoms with Crippen molar-refractivity contribution in [3.8, 4) is 33.4 Å². The highest BCUT2D eigenvalue weighted by atomic mass is 16.3. The largest absolute Gasteiger partial charge is 0.455 e. The molecule has 0 unspecified atom stereocenters. The van der Waals surface area contributed by atoms with E-state index in [0.29, 0.717) is 0 Å². The quantitative estimate of drug-likeness (QED) is 0.160. The van der Waals surface area contributed by atoms with Gasteiger partial charge in [0.1, 0.15) is 22.3 Å². The molecule has 1 aliphatic rings. The van der Waals surface area contributed by atoms with Gasteiger partial charge in [-0.05, 0) is 81.4 Å². The molecule has 0 saturated carbocycles. The van der Waals surface area contributed by atoms with Gasteiger partial charge < -0.3 is 13.7 Å². The lowest BCUT2D eigenvalue weighted by Gasteiger charge is -2.34. The monoisotopic (exact) mass is 817 g/mol. The predicted molar refractivity (Wildman–Crippen MR) is 264 cm³/mol. The van der Waals surface area contributed by atoms with E-state index < -0.39 is 5.41 Å². The summed E-state index contributed by atoms with van der Waals surface area (Å²) in [5.41, 5.74) is 18.1. The Morgan fingerprint density at radius 3 is 1.28 bits per heavy atom. The van der Waals surface area contributed by atoms with E-state index >= 15 is 0 Å². The minimum atomic E-state index is -0.527. The van der Waals surface area contributed by atoms with Crippen molar-refractivity contribution in [2.75, 3.05) is 4.90 Å². The Kier molecular flexibility index (Phi) is 8.13. The highest BCUT2D eigenvalue weighted by Crippen LogP contribution is 2.59. The molecule has 0 saturated heterocycles. The lowest BCUT2D eigenvalue weighted by atomic mass is 9.68. The molecule has 0 fully saturated rings. The van der Waals surface area contributed by atoms with Crippen LogP contribution >= 0.6 is 0 Å². The summed E-state index contributed by atoms with van der Waals surface area (Å²) in [6.07, 6.45) is 0. The van der Waals surface area contributed by atoms with Gasteiger partial charge >= 0.3 is 0 Å². The van der Waals surface area contributed by atoms with Crippen LogP contribution in [0.25, 0.3) is 77.3 Å². The van der Waals surface area contributed by atoms with Crippen molar-refractivity contribution >= 4 is 60.9 Å². The zero-order valence-corrected chi connectivity index (χ0v) is 34.8. The number of hydrogen-bond acceptors (Lipinski definition) is 3. The Labute approximate surface area is 370 Å². The van der Waals surface area contributed by atoms with Crippen LogP contribution in [0.4, 0.5) is 17.1 Å². The first kappa shape index (κ1) is 36.3. The van der Waals surface area contributed by atoms with Crippen molar-refractivity contribution in [3.05, 3.63) is 259 Å². The topological polar surface area (TPSA) is 29.5 Å². The zero-order chi connectivity index (χ0) is 42.2. The van der Waals surface area contributed by atoms with Crippen LogP contribution in [0.1, 0.15) is 22.3 Å². The van der Waals surface area contributed by atoms with Gasteiger partial charge in [0, 0.05) is 49.6 Å². The van der Waals surface area contributed by atoms with E-state index in [4.69, 9.17) is 8.83 Å². The van der Waals surface area contributed by atoms with Crippen LogP contribution in [-0.4, -0.2) is 0 Å². The van der Waals surface area contributed by atoms with E-state index in [9.17, 15) is 0 Å². The minimum absolute atomic E-state index is 0.527. The number of fused-ring (bicyclic) bond motifs is 9. The standard InChI is InChI=1S/C61H39NO2/c1-3-16-42(17-4-1)61(43-18-5-2-6-19-43)53-27-10-7-22-52(53)58-54(61)28-15-29-55(58)62(44-36-32-40(33-37-44)46-23-13-25-50-48-20-8-11-30-56(48)63-59(46)50)45-38-34-41(35-39-45)47-24-14-26-51-49-21-9-12-31-57(49)64-60(47)51/h1-39H. The third-order valence-electron chi connectivity index (χ3n) is 13.4. The summed E-state index contributed by atoms with van der Waals surface area (Å²) < 4.78 is 13.0. The molecular weight excluding hydrogens is 779 g/mol. The van der Waals surface area contributed by atoms with E-state index in [1.807, 2.05) is 24.3 Å². The van der Waals surface area contributed by atoms with Crippen molar-refractivity contribution in [2.24, 2.45) is 0 Å². The second-order valence-corrected chi connectivity index (χ2v) is 16.7. The normalized spacial score (nSPS) is 12.8. The van der Waals surface area contributed by atoms with Gasteiger partial charge in [-0.2, -0.15) is 0 Å². The summed E-state index contributed by atoms with van der Waals surface area (Å²) >= 11 is 0. The predicted octanol–water partition coefficient (Wildman–Crippen LogP) is 16.7. The lowest BCUT2D eigenvalue weighted by molar-refractivity contribution is 0.669. The second-order valence-electron chi connectivity index (χ2n) is 16.7. The molecule has 0 radical (unpaired) electrons. The Balaban J connectivity index is 1.02. The van der Waals surface area contributed by atoms with Gasteiger partial charge in [0.05, 0.1) is 11.1 Å². The molecule has 3 heteroatoms. The highest BCUT2D eigenvalue weighted by molar-refractivity contribution is 6.11. The van der Waals surface area contributed by atoms with Gasteiger partial charge in [-0.1, -0.05) is 194 Å². The number of nitrogens with zero attached hydrogens (tertiary/aromatic N) is 1. The summed E-state index contributed by atoms with van der Waals surface area (Å²) in [7, 11) is 0. The van der Waals surface area contributed by atoms with Gasteiger partial charge in [-0.25, -0.2) is 0 Å². The molecule has 10 aromatic carbocycles. The molecule has 12 aromatic rings. The van der Waals surface area contributed by atoms with Crippen molar-refractivity contribution in [1.82, 2.24) is 0 Å². The first-order chi connectivity index (χ1) is 31.8. The third-order valence-corrected chi connectivity index (χ3v) is 13.4. The molecule has 1 aliphatic carbocycles. The number of furan rings is 2. The van der Waals surface area contributed by atoms with Crippen molar-refractivity contribution in [2.45, 2.75) is 5.41 Å². The summed E-state index contributed by atoms with van der Waals surface area (Å²) in [4.78, 5) is 2.43. The van der Waals surface area contributed by atoms with Gasteiger partial charge in [0.15, 0.2) is 0 Å². The molecule has 2 aromatic heterocycles. The molecule has 0 aliphatic heterocycles. The number of rotatable bonds is 7. The van der Waals surface area contributed by atoms with Crippen LogP contribution in [0.5, 0.6) is 0 Å². The summed E-state index contributed by atoms with van der Waals surface area (Å²) in [5.74, 6) is 0. The average molecular weight is 818 g/mol. The molecule has 0 spiro atoms. The highest BCUT2D eigenvalue weighted by Gasteiger charge is 2.47. The zero-order valence-electron chi connectivity index (χ0n) is 34.8. The molecule has 0 atom stereocenters. The van der Waals surface area contributed by atoms with E-state index in [1.54, 1.807) is 0 Å². The summed E-state index contributed by atoms with van der Waals surface area (Å²) in [6.45, 7) is 0. The number of para-hydroxylation sites is 4. The Hall–Kier alpha value is -8.40. The van der Waals surface area contributed by atoms with Gasteiger partial charge in [-0.15, -0.1) is 0 Å². The molecule has 0 amide bonds. The molecule has 0 bridgehead atoms. The number of benzene rings is 10. The van der Waals surface area contributed by atoms with E-state index in [-0.39, 0.29) is 0 Å². The Morgan fingerprint density at radius 2 is 0.734 bits per heavy atom. The maximum atomic E-state index is 6.50. The van der Waals surface area contributed by atoms with Crippen LogP contribution in [0.15, 0.2) is 245 Å². The summed E-state index contributed by atoms with van der Waals surface area (Å²) in [5, 5.41) is 4.50. The molecule has 2 heterocycles. The van der Waals surface area contributed by atoms with Gasteiger partial charge in [-0.3, -0.25) is 0 Å². The lowest BCUT2D eigenvalue weighted by Crippen LogP contribution is -2.28. The molecule has 300 valence electrons. The van der Waals surface area contributed by atoms with Crippen molar-refractivity contribution in [3.63, 3.8) is 0 Å². The van der Waals surface area contributed by atoms with Crippen molar-refractivity contribution < 1.29 is 8.83 Å². The maximum Gasteiger partial charge on any atom is 0.143 e. The van der Waals surface area contributed by atoms with Crippen LogP contribution < -0.4 is 4.90 Å². The Morgan fingerprint density at radius 1 is 0.312 bits per heavy atom. The fraction of sp³-hybridized carbons (Fsp3) is 0.0164. The molecule has 0 N–H and O–H groups in total. The van der Waals surface area contributed by atoms with Gasteiger partial charge in [0.2, 0.25) is 0 Å².